The lowest BCUT2D eigenvalue weighted by Gasteiger charge is -2.07. The van der Waals surface area contributed by atoms with Gasteiger partial charge in [-0.25, -0.2) is 0 Å². The fraction of sp³-hybridized carbons (Fsp3) is 0.455. The lowest BCUT2D eigenvalue weighted by Crippen LogP contribution is -2.03. The molecule has 1 rings (SSSR count). The summed E-state index contributed by atoms with van der Waals surface area (Å²) in [5.41, 5.74) is 1.88. The van der Waals surface area contributed by atoms with Crippen molar-refractivity contribution < 1.29 is 4.92 Å². The highest BCUT2D eigenvalue weighted by atomic mass is 32.2. The summed E-state index contributed by atoms with van der Waals surface area (Å²) in [6, 6.07) is 5.25. The minimum absolute atomic E-state index is 0.151. The second-order valence-electron chi connectivity index (χ2n) is 3.47. The first-order chi connectivity index (χ1) is 7.69. The molecule has 0 unspecified atom stereocenters. The lowest BCUT2D eigenvalue weighted by molar-refractivity contribution is -0.384. The second kappa shape index (κ2) is 6.37. The third-order valence-electron chi connectivity index (χ3n) is 2.13. The van der Waals surface area contributed by atoms with Gasteiger partial charge in [0.2, 0.25) is 0 Å². The van der Waals surface area contributed by atoms with Crippen LogP contribution in [0.2, 0.25) is 0 Å². The summed E-state index contributed by atoms with van der Waals surface area (Å²) in [5, 5.41) is 13.9. The van der Waals surface area contributed by atoms with Crippen molar-refractivity contribution in [2.75, 3.05) is 18.1 Å². The van der Waals surface area contributed by atoms with Crippen LogP contribution in [0.1, 0.15) is 18.9 Å². The van der Waals surface area contributed by atoms with E-state index in [4.69, 9.17) is 0 Å². The molecule has 0 amide bonds. The fourth-order valence-electron chi connectivity index (χ4n) is 1.40. The van der Waals surface area contributed by atoms with E-state index >= 15 is 0 Å². The number of nitrogens with zero attached hydrogens (tertiary/aromatic N) is 1. The predicted octanol–water partition coefficient (Wildman–Crippen LogP) is 3.28. The van der Waals surface area contributed by atoms with Crippen molar-refractivity contribution in [2.24, 2.45) is 0 Å². The van der Waals surface area contributed by atoms with E-state index in [1.54, 1.807) is 17.8 Å². The number of rotatable bonds is 6. The number of hydrogen-bond acceptors (Lipinski definition) is 4. The number of hydrogen-bond donors (Lipinski definition) is 1. The Balaban J connectivity index is 2.95. The minimum Gasteiger partial charge on any atom is -0.379 e. The third kappa shape index (κ3) is 3.41. The molecule has 1 aromatic rings. The van der Waals surface area contributed by atoms with Gasteiger partial charge in [-0.3, -0.25) is 10.1 Å². The summed E-state index contributed by atoms with van der Waals surface area (Å²) in [7, 11) is 0. The van der Waals surface area contributed by atoms with E-state index in [0.717, 1.165) is 24.3 Å². The van der Waals surface area contributed by atoms with Gasteiger partial charge in [0.15, 0.2) is 0 Å². The normalized spacial score (nSPS) is 10.1. The fourth-order valence-corrected chi connectivity index (χ4v) is 1.91. The third-order valence-corrected chi connectivity index (χ3v) is 2.76. The largest absolute Gasteiger partial charge is 0.379 e. The molecule has 0 spiro atoms. The smallest absolute Gasteiger partial charge is 0.292 e. The Hall–Kier alpha value is -1.23. The van der Waals surface area contributed by atoms with Crippen molar-refractivity contribution in [1.82, 2.24) is 0 Å². The van der Waals surface area contributed by atoms with Crippen molar-refractivity contribution in [3.63, 3.8) is 0 Å². The first-order valence-electron chi connectivity index (χ1n) is 5.19. The Labute approximate surface area is 99.6 Å². The van der Waals surface area contributed by atoms with Crippen molar-refractivity contribution >= 4 is 23.1 Å². The van der Waals surface area contributed by atoms with E-state index in [2.05, 4.69) is 5.32 Å². The molecule has 4 nitrogen and oxygen atoms in total. The van der Waals surface area contributed by atoms with Gasteiger partial charge in [0.25, 0.3) is 5.69 Å². The van der Waals surface area contributed by atoms with Crippen molar-refractivity contribution in [2.45, 2.75) is 19.1 Å². The number of nitrogens with one attached hydrogen (secondary N) is 1. The maximum absolute atomic E-state index is 10.8. The van der Waals surface area contributed by atoms with E-state index in [1.165, 1.54) is 0 Å². The second-order valence-corrected chi connectivity index (χ2v) is 4.33. The summed E-state index contributed by atoms with van der Waals surface area (Å²) < 4.78 is 0. The first kappa shape index (κ1) is 12.8. The van der Waals surface area contributed by atoms with Gasteiger partial charge in [-0.05, 0) is 24.3 Å². The van der Waals surface area contributed by atoms with Crippen LogP contribution in [0, 0.1) is 10.1 Å². The SMILES string of the molecule is CCCNc1cc(CSC)ccc1[N+](=O)[O-]. The zero-order valence-corrected chi connectivity index (χ0v) is 10.3. The molecule has 0 fully saturated rings. The van der Waals surface area contributed by atoms with Crippen LogP contribution in [0.4, 0.5) is 11.4 Å². The van der Waals surface area contributed by atoms with Crippen LogP contribution in [0.5, 0.6) is 0 Å². The van der Waals surface area contributed by atoms with E-state index in [0.29, 0.717) is 5.69 Å². The monoisotopic (exact) mass is 240 g/mol. The van der Waals surface area contributed by atoms with Gasteiger partial charge in [-0.2, -0.15) is 11.8 Å². The standard InChI is InChI=1S/C11H16N2O2S/c1-3-6-12-10-7-9(8-16-2)4-5-11(10)13(14)15/h4-5,7,12H,3,6,8H2,1-2H3. The van der Waals surface area contributed by atoms with E-state index in [9.17, 15) is 10.1 Å². The van der Waals surface area contributed by atoms with E-state index < -0.39 is 0 Å². The topological polar surface area (TPSA) is 55.2 Å². The number of anilines is 1. The molecule has 0 aliphatic carbocycles. The zero-order chi connectivity index (χ0) is 12.0. The highest BCUT2D eigenvalue weighted by molar-refractivity contribution is 7.97. The van der Waals surface area contributed by atoms with Gasteiger partial charge in [0, 0.05) is 18.4 Å². The van der Waals surface area contributed by atoms with Crippen LogP contribution in [-0.2, 0) is 5.75 Å². The highest BCUT2D eigenvalue weighted by Gasteiger charge is 2.13. The number of nitro groups is 1. The maximum atomic E-state index is 10.8. The summed E-state index contributed by atoms with van der Waals surface area (Å²) in [4.78, 5) is 10.5. The van der Waals surface area contributed by atoms with Gasteiger partial charge in [-0.15, -0.1) is 0 Å². The Kier molecular flexibility index (Phi) is 5.11. The van der Waals surface area contributed by atoms with Gasteiger partial charge >= 0.3 is 0 Å². The maximum Gasteiger partial charge on any atom is 0.292 e. The van der Waals surface area contributed by atoms with Crippen molar-refractivity contribution in [3.8, 4) is 0 Å². The van der Waals surface area contributed by atoms with Gasteiger partial charge < -0.3 is 5.32 Å². The molecular weight excluding hydrogens is 224 g/mol. The zero-order valence-electron chi connectivity index (χ0n) is 9.53. The minimum atomic E-state index is -0.346. The van der Waals surface area contributed by atoms with Crippen molar-refractivity contribution in [1.29, 1.82) is 0 Å². The Bertz CT molecular complexity index is 369. The first-order valence-corrected chi connectivity index (χ1v) is 6.58. The summed E-state index contributed by atoms with van der Waals surface area (Å²) in [6.07, 6.45) is 2.96. The summed E-state index contributed by atoms with van der Waals surface area (Å²) in [6.45, 7) is 2.79. The Morgan fingerprint density at radius 3 is 2.81 bits per heavy atom. The molecule has 0 heterocycles. The molecule has 0 aromatic heterocycles. The van der Waals surface area contributed by atoms with Crippen LogP contribution >= 0.6 is 11.8 Å². The number of thioether (sulfide) groups is 1. The number of nitro benzene ring substituents is 1. The van der Waals surface area contributed by atoms with Crippen LogP contribution in [0.3, 0.4) is 0 Å². The summed E-state index contributed by atoms with van der Waals surface area (Å²) in [5.74, 6) is 0.874. The van der Waals surface area contributed by atoms with Crippen molar-refractivity contribution in [3.05, 3.63) is 33.9 Å². The molecule has 1 N–H and O–H groups in total. The Morgan fingerprint density at radius 2 is 2.25 bits per heavy atom. The lowest BCUT2D eigenvalue weighted by atomic mass is 10.2. The van der Waals surface area contributed by atoms with Gasteiger partial charge in [0.05, 0.1) is 4.92 Å². The van der Waals surface area contributed by atoms with E-state index in [1.807, 2.05) is 25.3 Å². The highest BCUT2D eigenvalue weighted by Crippen LogP contribution is 2.26. The molecule has 0 saturated heterocycles. The average Bonchev–Trinajstić information content (AvgIpc) is 2.26. The molecule has 88 valence electrons. The molecule has 0 atom stereocenters. The molecule has 5 heteroatoms. The Morgan fingerprint density at radius 1 is 1.50 bits per heavy atom. The molecule has 0 aliphatic rings. The molecule has 1 aromatic carbocycles. The van der Waals surface area contributed by atoms with Crippen LogP contribution in [0.25, 0.3) is 0 Å². The van der Waals surface area contributed by atoms with Crippen LogP contribution in [-0.4, -0.2) is 17.7 Å². The number of benzene rings is 1. The molecule has 0 radical (unpaired) electrons. The van der Waals surface area contributed by atoms with Crippen LogP contribution in [0.15, 0.2) is 18.2 Å². The summed E-state index contributed by atoms with van der Waals surface area (Å²) >= 11 is 1.70. The molecule has 0 aliphatic heterocycles. The van der Waals surface area contributed by atoms with Gasteiger partial charge in [0.1, 0.15) is 5.69 Å². The van der Waals surface area contributed by atoms with Crippen LogP contribution < -0.4 is 5.32 Å². The van der Waals surface area contributed by atoms with Gasteiger partial charge in [-0.1, -0.05) is 13.0 Å². The molecule has 0 bridgehead atoms. The quantitative estimate of drug-likeness (QED) is 0.612. The molecule has 16 heavy (non-hydrogen) atoms. The average molecular weight is 240 g/mol. The molecule has 0 saturated carbocycles. The molecular formula is C11H16N2O2S. The predicted molar refractivity (Wildman–Crippen MR) is 69.1 cm³/mol. The van der Waals surface area contributed by atoms with E-state index in [-0.39, 0.29) is 10.6 Å².